The van der Waals surface area contributed by atoms with Gasteiger partial charge in [0.25, 0.3) is 0 Å². The van der Waals surface area contributed by atoms with Crippen LogP contribution in [0.25, 0.3) is 0 Å². The molecule has 0 unspecified atom stereocenters. The minimum Gasteiger partial charge on any atom is -0.470 e. The summed E-state index contributed by atoms with van der Waals surface area (Å²) in [5.74, 6) is 0.466. The normalized spacial score (nSPS) is 22.7. The molecule has 1 saturated heterocycles. The minimum absolute atomic E-state index is 0.0479. The molecule has 0 radical (unpaired) electrons. The fourth-order valence-corrected chi connectivity index (χ4v) is 5.38. The monoisotopic (exact) mass is 481 g/mol. The highest BCUT2D eigenvalue weighted by Crippen LogP contribution is 2.29. The third-order valence-corrected chi connectivity index (χ3v) is 7.65. The van der Waals surface area contributed by atoms with Crippen LogP contribution < -0.4 is 14.8 Å². The van der Waals surface area contributed by atoms with E-state index in [2.05, 4.69) is 24.9 Å². The summed E-state index contributed by atoms with van der Waals surface area (Å²) < 4.78 is 34.0. The average Bonchev–Trinajstić information content (AvgIpc) is 3.17. The largest absolute Gasteiger partial charge is 0.470 e. The van der Waals surface area contributed by atoms with Crippen LogP contribution in [0.5, 0.6) is 5.88 Å². The number of anilines is 2. The first-order valence-corrected chi connectivity index (χ1v) is 12.6. The lowest BCUT2D eigenvalue weighted by Gasteiger charge is -2.29. The Morgan fingerprint density at radius 1 is 1.16 bits per heavy atom. The Bertz CT molecular complexity index is 1030. The number of ether oxygens (including phenoxy) is 1. The van der Waals surface area contributed by atoms with Gasteiger partial charge in [-0.3, -0.25) is 0 Å². The van der Waals surface area contributed by atoms with Crippen molar-refractivity contribution in [2.75, 3.05) is 25.5 Å². The van der Waals surface area contributed by atoms with E-state index in [0.717, 1.165) is 38.8 Å². The van der Waals surface area contributed by atoms with Gasteiger partial charge in [-0.2, -0.15) is 4.98 Å². The number of hydrogen-bond donors (Lipinski definition) is 3. The Labute approximate surface area is 193 Å². The number of halogens is 1. The molecule has 1 aromatic heterocycles. The van der Waals surface area contributed by atoms with Crippen molar-refractivity contribution in [1.29, 1.82) is 0 Å². The molecule has 32 heavy (non-hydrogen) atoms. The molecule has 1 saturated carbocycles. The Hall–Kier alpha value is -1.98. The third-order valence-electron chi connectivity index (χ3n) is 5.85. The van der Waals surface area contributed by atoms with Crippen molar-refractivity contribution in [2.45, 2.75) is 55.2 Å². The molecule has 3 N–H and O–H groups in total. The van der Waals surface area contributed by atoms with E-state index >= 15 is 0 Å². The van der Waals surface area contributed by atoms with Gasteiger partial charge in [0.15, 0.2) is 0 Å². The van der Waals surface area contributed by atoms with E-state index in [1.807, 2.05) is 7.05 Å². The molecule has 2 atom stereocenters. The Balaban J connectivity index is 1.40. The maximum atomic E-state index is 12.7. The van der Waals surface area contributed by atoms with Crippen molar-refractivity contribution in [1.82, 2.24) is 19.6 Å². The van der Waals surface area contributed by atoms with Crippen molar-refractivity contribution in [3.8, 4) is 5.88 Å². The number of nitrogens with zero attached hydrogens (tertiary/aromatic N) is 3. The number of aliphatic hydroxyl groups excluding tert-OH is 1. The molecule has 2 fully saturated rings. The van der Waals surface area contributed by atoms with Crippen LogP contribution in [-0.4, -0.2) is 66.8 Å². The molecular weight excluding hydrogens is 454 g/mol. The smallest absolute Gasteiger partial charge is 0.240 e. The molecule has 0 spiro atoms. The Morgan fingerprint density at radius 3 is 2.53 bits per heavy atom. The number of sulfonamides is 1. The first-order chi connectivity index (χ1) is 15.3. The fourth-order valence-electron chi connectivity index (χ4n) is 3.94. The van der Waals surface area contributed by atoms with E-state index in [4.69, 9.17) is 16.3 Å². The molecular formula is C21H28ClN5O4S. The first kappa shape index (κ1) is 23.2. The van der Waals surface area contributed by atoms with Gasteiger partial charge < -0.3 is 20.1 Å². The van der Waals surface area contributed by atoms with Crippen LogP contribution in [0.15, 0.2) is 35.4 Å². The maximum Gasteiger partial charge on any atom is 0.240 e. The van der Waals surface area contributed by atoms with Crippen molar-refractivity contribution in [3.05, 3.63) is 35.5 Å². The van der Waals surface area contributed by atoms with Gasteiger partial charge in [0.2, 0.25) is 21.9 Å². The quantitative estimate of drug-likeness (QED) is 0.552. The topological polar surface area (TPSA) is 117 Å². The predicted octanol–water partition coefficient (Wildman–Crippen LogP) is 2.54. The van der Waals surface area contributed by atoms with Gasteiger partial charge in [0.05, 0.1) is 17.2 Å². The van der Waals surface area contributed by atoms with Crippen molar-refractivity contribution in [2.24, 2.45) is 0 Å². The van der Waals surface area contributed by atoms with Crippen molar-refractivity contribution in [3.63, 3.8) is 0 Å². The van der Waals surface area contributed by atoms with Crippen LogP contribution in [0.4, 0.5) is 11.6 Å². The second-order valence-electron chi connectivity index (χ2n) is 8.35. The highest BCUT2D eigenvalue weighted by Gasteiger charge is 2.28. The molecule has 174 valence electrons. The van der Waals surface area contributed by atoms with Crippen LogP contribution in [-0.2, 0) is 10.0 Å². The third kappa shape index (κ3) is 5.68. The molecule has 2 aliphatic rings. The molecule has 1 aliphatic heterocycles. The molecule has 9 nitrogen and oxygen atoms in total. The molecule has 2 heterocycles. The Kier molecular flexibility index (Phi) is 7.16. The zero-order chi connectivity index (χ0) is 22.7. The lowest BCUT2D eigenvalue weighted by atomic mass is 10.1. The summed E-state index contributed by atoms with van der Waals surface area (Å²) >= 11 is 6.15. The molecule has 1 aliphatic carbocycles. The van der Waals surface area contributed by atoms with Crippen LogP contribution >= 0.6 is 11.6 Å². The van der Waals surface area contributed by atoms with Gasteiger partial charge in [-0.25, -0.2) is 18.1 Å². The number of piperidine rings is 1. The standard InChI is InChI=1S/C21H28ClN5O4S/c1-27-11-9-15(10-12-27)26-32(29,30)16-7-5-14(6-8-16)24-21-23-13-17(22)20(25-21)31-19-4-2-3-18(19)28/h5-8,13,15,18-19,26,28H,2-4,9-12H2,1H3,(H,23,24,25)/t18-,19+/m1/s1. The zero-order valence-corrected chi connectivity index (χ0v) is 19.4. The lowest BCUT2D eigenvalue weighted by Crippen LogP contribution is -2.43. The Morgan fingerprint density at radius 2 is 1.88 bits per heavy atom. The summed E-state index contributed by atoms with van der Waals surface area (Å²) in [6.07, 6.45) is 4.48. The number of hydrogen-bond acceptors (Lipinski definition) is 8. The average molecular weight is 482 g/mol. The second-order valence-corrected chi connectivity index (χ2v) is 10.5. The van der Waals surface area contributed by atoms with Gasteiger partial charge >= 0.3 is 0 Å². The van der Waals surface area contributed by atoms with Gasteiger partial charge in [-0.15, -0.1) is 0 Å². The van der Waals surface area contributed by atoms with Crippen molar-refractivity contribution >= 4 is 33.3 Å². The summed E-state index contributed by atoms with van der Waals surface area (Å²) in [4.78, 5) is 10.8. The number of aromatic nitrogens is 2. The van der Waals surface area contributed by atoms with E-state index in [9.17, 15) is 13.5 Å². The van der Waals surface area contributed by atoms with Crippen LogP contribution in [0.1, 0.15) is 32.1 Å². The summed E-state index contributed by atoms with van der Waals surface area (Å²) in [5, 5.41) is 13.3. The number of aliphatic hydroxyl groups is 1. The predicted molar refractivity (Wildman–Crippen MR) is 122 cm³/mol. The number of nitrogens with one attached hydrogen (secondary N) is 2. The number of benzene rings is 1. The SMILES string of the molecule is CN1CCC(NS(=O)(=O)c2ccc(Nc3ncc(Cl)c(O[C@H]4CCC[C@H]4O)n3)cc2)CC1. The molecule has 0 amide bonds. The molecule has 4 rings (SSSR count). The van der Waals surface area contributed by atoms with Crippen LogP contribution in [0.3, 0.4) is 0 Å². The van der Waals surface area contributed by atoms with Gasteiger partial charge in [0.1, 0.15) is 11.1 Å². The van der Waals surface area contributed by atoms with Gasteiger partial charge in [-0.1, -0.05) is 11.6 Å². The highest BCUT2D eigenvalue weighted by atomic mass is 35.5. The van der Waals surface area contributed by atoms with Crippen molar-refractivity contribution < 1.29 is 18.3 Å². The summed E-state index contributed by atoms with van der Waals surface area (Å²) in [7, 11) is -1.55. The molecule has 1 aromatic carbocycles. The van der Waals surface area contributed by atoms with E-state index in [1.165, 1.54) is 6.20 Å². The maximum absolute atomic E-state index is 12.7. The van der Waals surface area contributed by atoms with E-state index in [0.29, 0.717) is 12.1 Å². The number of rotatable bonds is 7. The zero-order valence-electron chi connectivity index (χ0n) is 17.9. The lowest BCUT2D eigenvalue weighted by molar-refractivity contribution is 0.0575. The summed E-state index contributed by atoms with van der Waals surface area (Å²) in [6, 6.07) is 6.35. The highest BCUT2D eigenvalue weighted by molar-refractivity contribution is 7.89. The first-order valence-electron chi connectivity index (χ1n) is 10.8. The van der Waals surface area contributed by atoms with E-state index in [-0.39, 0.29) is 33.9 Å². The molecule has 11 heteroatoms. The van der Waals surface area contributed by atoms with Gasteiger partial charge in [-0.05, 0) is 76.5 Å². The van der Waals surface area contributed by atoms with Crippen LogP contribution in [0.2, 0.25) is 5.02 Å². The molecule has 2 aromatic rings. The van der Waals surface area contributed by atoms with E-state index in [1.54, 1.807) is 24.3 Å². The number of likely N-dealkylation sites (tertiary alicyclic amines) is 1. The minimum atomic E-state index is -3.59. The summed E-state index contributed by atoms with van der Waals surface area (Å²) in [5.41, 5.74) is 0.623. The van der Waals surface area contributed by atoms with Crippen LogP contribution in [0, 0.1) is 0 Å². The van der Waals surface area contributed by atoms with E-state index < -0.39 is 16.1 Å². The van der Waals surface area contributed by atoms with Gasteiger partial charge in [0, 0.05) is 11.7 Å². The second kappa shape index (κ2) is 9.88. The molecule has 0 bridgehead atoms. The fraction of sp³-hybridized carbons (Fsp3) is 0.524. The summed E-state index contributed by atoms with van der Waals surface area (Å²) in [6.45, 7) is 1.76.